The molecule has 0 saturated carbocycles. The summed E-state index contributed by atoms with van der Waals surface area (Å²) in [6.07, 6.45) is 14.6. The molecular formula is C27H29F5N2O3. The van der Waals surface area contributed by atoms with E-state index >= 15 is 0 Å². The fraction of sp³-hybridized carbons (Fsp3) is 0.333. The van der Waals surface area contributed by atoms with Gasteiger partial charge >= 0.3 is 5.97 Å². The maximum Gasteiger partial charge on any atom is 0.315 e. The second-order valence-electron chi connectivity index (χ2n) is 8.00. The van der Waals surface area contributed by atoms with Crippen LogP contribution in [0.4, 0.5) is 22.0 Å². The van der Waals surface area contributed by atoms with Gasteiger partial charge in [-0.3, -0.25) is 4.79 Å². The maximum absolute atomic E-state index is 13.6. The summed E-state index contributed by atoms with van der Waals surface area (Å²) in [5, 5.41) is 4.34. The van der Waals surface area contributed by atoms with Crippen molar-refractivity contribution in [2.75, 3.05) is 13.2 Å². The highest BCUT2D eigenvalue weighted by Gasteiger charge is 2.28. The third-order valence-corrected chi connectivity index (χ3v) is 5.02. The van der Waals surface area contributed by atoms with Crippen molar-refractivity contribution in [3.05, 3.63) is 88.5 Å². The Morgan fingerprint density at radius 3 is 2.38 bits per heavy atom. The zero-order valence-corrected chi connectivity index (χ0v) is 20.8. The predicted molar refractivity (Wildman–Crippen MR) is 131 cm³/mol. The monoisotopic (exact) mass is 524 g/mol. The van der Waals surface area contributed by atoms with Crippen LogP contribution in [0.5, 0.6) is 5.75 Å². The number of nitrogens with zero attached hydrogens (tertiary/aromatic N) is 1. The normalized spacial score (nSPS) is 14.4. The number of esters is 1. The molecule has 0 atom stereocenters. The first-order valence-corrected chi connectivity index (χ1v) is 11.7. The molecule has 0 radical (unpaired) electrons. The molecule has 0 fully saturated rings. The van der Waals surface area contributed by atoms with Gasteiger partial charge in [0.1, 0.15) is 5.76 Å². The van der Waals surface area contributed by atoms with E-state index in [9.17, 15) is 26.7 Å². The van der Waals surface area contributed by atoms with Gasteiger partial charge in [-0.15, -0.1) is 0 Å². The van der Waals surface area contributed by atoms with Crippen molar-refractivity contribution < 1.29 is 36.2 Å². The third-order valence-electron chi connectivity index (χ3n) is 5.02. The SMILES string of the molecule is C/C=C(\C=C/CC(=O)Oc1c(F)c(F)c(F)c(F)c1F)CN/N=C(\C)CC1=CCC=C(OCCC)C=C1. The van der Waals surface area contributed by atoms with Crippen LogP contribution in [0.1, 0.15) is 46.5 Å². The number of allylic oxidation sites excluding steroid dienone is 6. The summed E-state index contributed by atoms with van der Waals surface area (Å²) in [5.41, 5.74) is 5.62. The molecule has 2 rings (SSSR count). The van der Waals surface area contributed by atoms with E-state index in [-0.39, 0.29) is 0 Å². The number of hydrogen-bond acceptors (Lipinski definition) is 5. The third kappa shape index (κ3) is 9.04. The van der Waals surface area contributed by atoms with Crippen LogP contribution in [0.25, 0.3) is 0 Å². The molecule has 0 amide bonds. The second-order valence-corrected chi connectivity index (χ2v) is 8.00. The fourth-order valence-corrected chi connectivity index (χ4v) is 3.10. The minimum atomic E-state index is -2.33. The van der Waals surface area contributed by atoms with Crippen molar-refractivity contribution in [1.82, 2.24) is 5.43 Å². The van der Waals surface area contributed by atoms with Crippen LogP contribution in [0.3, 0.4) is 0 Å². The Kier molecular flexibility index (Phi) is 11.8. The molecule has 1 aromatic rings. The molecule has 10 heteroatoms. The van der Waals surface area contributed by atoms with Gasteiger partial charge in [-0.25, -0.2) is 13.2 Å². The Labute approximate surface area is 212 Å². The number of halogens is 5. The standard InChI is InChI=1S/C27H29F5N2O3/c1-4-14-36-20-10-6-9-19(12-13-20)15-17(3)34-33-16-18(5-2)8-7-11-21(35)37-27-25(31)23(29)22(28)24(30)26(27)32/h5,7-10,12-13,33H,4,6,11,14-16H2,1-3H3/b8-7-,18-5+,34-17+. The Balaban J connectivity index is 1.84. The highest BCUT2D eigenvalue weighted by Crippen LogP contribution is 2.29. The molecule has 5 nitrogen and oxygen atoms in total. The molecule has 0 heterocycles. The van der Waals surface area contributed by atoms with Gasteiger partial charge in [0.25, 0.3) is 0 Å². The molecular weight excluding hydrogens is 495 g/mol. The summed E-state index contributed by atoms with van der Waals surface area (Å²) < 4.78 is 76.8. The van der Waals surface area contributed by atoms with Crippen molar-refractivity contribution in [3.63, 3.8) is 0 Å². The lowest BCUT2D eigenvalue weighted by molar-refractivity contribution is -0.133. The van der Waals surface area contributed by atoms with Gasteiger partial charge in [-0.2, -0.15) is 13.9 Å². The van der Waals surface area contributed by atoms with E-state index in [1.807, 2.05) is 32.1 Å². The largest absolute Gasteiger partial charge is 0.494 e. The summed E-state index contributed by atoms with van der Waals surface area (Å²) >= 11 is 0. The van der Waals surface area contributed by atoms with Crippen LogP contribution in [0.2, 0.25) is 0 Å². The molecule has 0 bridgehead atoms. The lowest BCUT2D eigenvalue weighted by Gasteiger charge is -2.08. The van der Waals surface area contributed by atoms with Crippen molar-refractivity contribution >= 4 is 11.7 Å². The molecule has 0 aromatic heterocycles. The van der Waals surface area contributed by atoms with E-state index < -0.39 is 47.2 Å². The van der Waals surface area contributed by atoms with Gasteiger partial charge in [0.05, 0.1) is 19.6 Å². The summed E-state index contributed by atoms with van der Waals surface area (Å²) in [6, 6.07) is 0. The molecule has 37 heavy (non-hydrogen) atoms. The van der Waals surface area contributed by atoms with Gasteiger partial charge < -0.3 is 14.9 Å². The van der Waals surface area contributed by atoms with Gasteiger partial charge in [-0.1, -0.05) is 37.3 Å². The molecule has 1 aliphatic carbocycles. The molecule has 0 saturated heterocycles. The van der Waals surface area contributed by atoms with E-state index in [1.54, 1.807) is 19.1 Å². The van der Waals surface area contributed by atoms with Crippen LogP contribution < -0.4 is 10.2 Å². The van der Waals surface area contributed by atoms with Gasteiger partial charge in [-0.05, 0) is 50.0 Å². The average molecular weight is 525 g/mol. The Morgan fingerprint density at radius 2 is 1.73 bits per heavy atom. The van der Waals surface area contributed by atoms with E-state index in [0.717, 1.165) is 35.5 Å². The summed E-state index contributed by atoms with van der Waals surface area (Å²) in [6.45, 7) is 6.69. The second kappa shape index (κ2) is 14.8. The number of carbonyl (C=O) groups excluding carboxylic acids is 1. The lowest BCUT2D eigenvalue weighted by Crippen LogP contribution is -2.13. The minimum Gasteiger partial charge on any atom is -0.494 e. The number of ether oxygens (including phenoxy) is 2. The Morgan fingerprint density at radius 1 is 1.05 bits per heavy atom. The average Bonchev–Trinajstić information content (AvgIpc) is 3.11. The van der Waals surface area contributed by atoms with E-state index in [0.29, 0.717) is 19.6 Å². The summed E-state index contributed by atoms with van der Waals surface area (Å²) in [5.74, 6) is -13.1. The van der Waals surface area contributed by atoms with Crippen LogP contribution in [0, 0.1) is 29.1 Å². The van der Waals surface area contributed by atoms with Gasteiger partial charge in [0.2, 0.25) is 34.8 Å². The molecule has 200 valence electrons. The van der Waals surface area contributed by atoms with Crippen molar-refractivity contribution in [2.45, 2.75) is 46.5 Å². The number of hydrazone groups is 1. The predicted octanol–water partition coefficient (Wildman–Crippen LogP) is 6.73. The number of carbonyl (C=O) groups is 1. The molecule has 1 aromatic carbocycles. The van der Waals surface area contributed by atoms with Crippen molar-refractivity contribution in [3.8, 4) is 5.75 Å². The van der Waals surface area contributed by atoms with Crippen molar-refractivity contribution in [2.24, 2.45) is 5.10 Å². The molecule has 0 unspecified atom stereocenters. The van der Waals surface area contributed by atoms with Crippen LogP contribution >= 0.6 is 0 Å². The van der Waals surface area contributed by atoms with Crippen molar-refractivity contribution in [1.29, 1.82) is 0 Å². The van der Waals surface area contributed by atoms with Crippen LogP contribution in [-0.2, 0) is 9.53 Å². The molecule has 0 spiro atoms. The Bertz CT molecular complexity index is 1140. The topological polar surface area (TPSA) is 59.9 Å². The highest BCUT2D eigenvalue weighted by molar-refractivity contribution is 5.84. The van der Waals surface area contributed by atoms with E-state index in [4.69, 9.17) is 4.74 Å². The minimum absolute atomic E-state index is 0.322. The number of benzene rings is 1. The van der Waals surface area contributed by atoms with E-state index in [2.05, 4.69) is 21.3 Å². The summed E-state index contributed by atoms with van der Waals surface area (Å²) in [7, 11) is 0. The van der Waals surface area contributed by atoms with Crippen LogP contribution in [0.15, 0.2) is 64.5 Å². The van der Waals surface area contributed by atoms with Gasteiger partial charge in [0, 0.05) is 12.1 Å². The number of nitrogens with one attached hydrogen (secondary N) is 1. The fourth-order valence-electron chi connectivity index (χ4n) is 3.10. The summed E-state index contributed by atoms with van der Waals surface area (Å²) in [4.78, 5) is 11.9. The number of hydrogen-bond donors (Lipinski definition) is 1. The van der Waals surface area contributed by atoms with E-state index in [1.165, 1.54) is 6.08 Å². The highest BCUT2D eigenvalue weighted by atomic mass is 19.2. The maximum atomic E-state index is 13.6. The number of rotatable bonds is 12. The first kappa shape index (κ1) is 29.5. The zero-order valence-electron chi connectivity index (χ0n) is 20.8. The molecule has 1 aliphatic rings. The molecule has 1 N–H and O–H groups in total. The first-order valence-electron chi connectivity index (χ1n) is 11.7. The first-order chi connectivity index (χ1) is 17.7. The lowest BCUT2D eigenvalue weighted by atomic mass is 10.1. The van der Waals surface area contributed by atoms with Gasteiger partial charge in [0.15, 0.2) is 0 Å². The quantitative estimate of drug-likeness (QED) is 0.0481. The van der Waals surface area contributed by atoms with Crippen LogP contribution in [-0.4, -0.2) is 24.8 Å². The molecule has 0 aliphatic heterocycles. The smallest absolute Gasteiger partial charge is 0.315 e. The zero-order chi connectivity index (χ0) is 27.4. The Hall–Kier alpha value is -3.69.